The van der Waals surface area contributed by atoms with Gasteiger partial charge >= 0.3 is 0 Å². The summed E-state index contributed by atoms with van der Waals surface area (Å²) in [5, 5.41) is 15.9. The number of fused-ring (bicyclic) bond motifs is 1. The second kappa shape index (κ2) is 5.25. The molecule has 0 amide bonds. The number of aromatic nitrogens is 3. The Bertz CT molecular complexity index is 741. The highest BCUT2D eigenvalue weighted by Gasteiger charge is 2.19. The fraction of sp³-hybridized carbons (Fsp3) is 0.429. The van der Waals surface area contributed by atoms with Gasteiger partial charge in [-0.15, -0.1) is 0 Å². The SMILES string of the molecule is Cc1cnc2c(c1)nc(N1CCN(C)CC1)c(=N)n2C=N. The molecule has 7 nitrogen and oxygen atoms in total. The monoisotopic (exact) mass is 285 g/mol. The van der Waals surface area contributed by atoms with E-state index in [0.29, 0.717) is 11.5 Å². The summed E-state index contributed by atoms with van der Waals surface area (Å²) in [5.41, 5.74) is 2.52. The Kier molecular flexibility index (Phi) is 3.42. The molecule has 1 aliphatic heterocycles. The molecule has 0 aliphatic carbocycles. The van der Waals surface area contributed by atoms with E-state index in [1.165, 1.54) is 4.57 Å². The first-order valence-electron chi connectivity index (χ1n) is 6.97. The first-order valence-corrected chi connectivity index (χ1v) is 6.97. The van der Waals surface area contributed by atoms with E-state index >= 15 is 0 Å². The minimum atomic E-state index is 0.221. The van der Waals surface area contributed by atoms with E-state index in [9.17, 15) is 0 Å². The summed E-state index contributed by atoms with van der Waals surface area (Å²) in [5.74, 6) is 0.631. The predicted octanol–water partition coefficient (Wildman–Crippen LogP) is 0.426. The lowest BCUT2D eigenvalue weighted by molar-refractivity contribution is 0.311. The van der Waals surface area contributed by atoms with Crippen LogP contribution < -0.4 is 10.4 Å². The summed E-state index contributed by atoms with van der Waals surface area (Å²) in [4.78, 5) is 13.3. The number of rotatable bonds is 2. The van der Waals surface area contributed by atoms with Crippen LogP contribution in [0.3, 0.4) is 0 Å². The molecule has 0 radical (unpaired) electrons. The van der Waals surface area contributed by atoms with Crippen molar-refractivity contribution in [1.29, 1.82) is 10.8 Å². The maximum Gasteiger partial charge on any atom is 0.175 e. The topological polar surface area (TPSA) is 84.9 Å². The molecule has 0 unspecified atom stereocenters. The van der Waals surface area contributed by atoms with Gasteiger partial charge in [0.15, 0.2) is 17.0 Å². The van der Waals surface area contributed by atoms with Crippen molar-refractivity contribution in [2.24, 2.45) is 0 Å². The Morgan fingerprint density at radius 3 is 2.62 bits per heavy atom. The van der Waals surface area contributed by atoms with Gasteiger partial charge in [-0.25, -0.2) is 9.97 Å². The number of anilines is 1. The molecule has 3 heterocycles. The van der Waals surface area contributed by atoms with Crippen LogP contribution in [0.4, 0.5) is 5.82 Å². The zero-order valence-electron chi connectivity index (χ0n) is 12.3. The fourth-order valence-corrected chi connectivity index (χ4v) is 2.56. The van der Waals surface area contributed by atoms with E-state index in [1.54, 1.807) is 6.20 Å². The highest BCUT2D eigenvalue weighted by atomic mass is 15.3. The summed E-state index contributed by atoms with van der Waals surface area (Å²) < 4.78 is 1.48. The summed E-state index contributed by atoms with van der Waals surface area (Å²) >= 11 is 0. The first kappa shape index (κ1) is 13.7. The van der Waals surface area contributed by atoms with Crippen LogP contribution in [0.5, 0.6) is 0 Å². The molecule has 1 fully saturated rings. The predicted molar refractivity (Wildman–Crippen MR) is 82.0 cm³/mol. The summed E-state index contributed by atoms with van der Waals surface area (Å²) in [6.45, 7) is 5.56. The van der Waals surface area contributed by atoms with Crippen molar-refractivity contribution in [3.63, 3.8) is 0 Å². The molecule has 21 heavy (non-hydrogen) atoms. The number of aryl methyl sites for hydroxylation is 1. The van der Waals surface area contributed by atoms with E-state index < -0.39 is 0 Å². The summed E-state index contributed by atoms with van der Waals surface area (Å²) in [6.07, 6.45) is 2.87. The molecule has 1 saturated heterocycles. The van der Waals surface area contributed by atoms with Crippen molar-refractivity contribution in [2.75, 3.05) is 38.1 Å². The van der Waals surface area contributed by atoms with Crippen LogP contribution in [0.1, 0.15) is 5.56 Å². The smallest absolute Gasteiger partial charge is 0.175 e. The molecule has 0 saturated carbocycles. The molecule has 3 rings (SSSR count). The van der Waals surface area contributed by atoms with Crippen molar-refractivity contribution in [3.05, 3.63) is 23.3 Å². The van der Waals surface area contributed by atoms with Crippen LogP contribution in [0.2, 0.25) is 0 Å². The third-order valence-corrected chi connectivity index (χ3v) is 3.82. The van der Waals surface area contributed by atoms with Gasteiger partial charge in [-0.3, -0.25) is 15.4 Å². The number of pyridine rings is 1. The van der Waals surface area contributed by atoms with Crippen LogP contribution in [-0.4, -0.2) is 59.0 Å². The maximum absolute atomic E-state index is 8.32. The van der Waals surface area contributed by atoms with Crippen LogP contribution in [-0.2, 0) is 0 Å². The summed E-state index contributed by atoms with van der Waals surface area (Å²) in [7, 11) is 2.10. The van der Waals surface area contributed by atoms with Crippen molar-refractivity contribution < 1.29 is 0 Å². The molecule has 0 aromatic carbocycles. The van der Waals surface area contributed by atoms with E-state index in [2.05, 4.69) is 26.8 Å². The van der Waals surface area contributed by atoms with Gasteiger partial charge in [0.25, 0.3) is 0 Å². The molecule has 1 aliphatic rings. The zero-order chi connectivity index (χ0) is 15.0. The van der Waals surface area contributed by atoms with Gasteiger partial charge in [0.05, 0.1) is 6.34 Å². The highest BCUT2D eigenvalue weighted by Crippen LogP contribution is 2.14. The number of nitrogens with one attached hydrogen (secondary N) is 2. The molecule has 110 valence electrons. The van der Waals surface area contributed by atoms with Gasteiger partial charge in [-0.2, -0.15) is 0 Å². The molecule has 7 heteroatoms. The van der Waals surface area contributed by atoms with Crippen LogP contribution in [0.25, 0.3) is 11.2 Å². The van der Waals surface area contributed by atoms with E-state index in [1.807, 2.05) is 13.0 Å². The van der Waals surface area contributed by atoms with E-state index in [0.717, 1.165) is 43.6 Å². The first-order chi connectivity index (χ1) is 10.1. The van der Waals surface area contributed by atoms with Gasteiger partial charge in [-0.05, 0) is 25.6 Å². The Hall–Kier alpha value is -2.28. The standard InChI is InChI=1S/C14H19N7/c1-10-7-11-13(17-8-10)21(9-15)12(16)14(18-11)20-5-3-19(2)4-6-20/h7-9,15-16H,3-6H2,1-2H3. The van der Waals surface area contributed by atoms with E-state index in [-0.39, 0.29) is 5.49 Å². The molecule has 2 aromatic heterocycles. The zero-order valence-corrected chi connectivity index (χ0v) is 12.3. The van der Waals surface area contributed by atoms with Crippen LogP contribution in [0.15, 0.2) is 12.3 Å². The molecule has 0 atom stereocenters. The lowest BCUT2D eigenvalue weighted by Crippen LogP contribution is -2.47. The quantitative estimate of drug-likeness (QED) is 0.619. The van der Waals surface area contributed by atoms with Gasteiger partial charge in [0.2, 0.25) is 0 Å². The fourth-order valence-electron chi connectivity index (χ4n) is 2.56. The number of likely N-dealkylation sites (N-methyl/N-ethyl adjacent to an activating group) is 1. The van der Waals surface area contributed by atoms with Gasteiger partial charge in [0.1, 0.15) is 5.52 Å². The molecule has 0 bridgehead atoms. The number of piperazine rings is 1. The Balaban J connectivity index is 2.16. The normalized spacial score (nSPS) is 16.4. The van der Waals surface area contributed by atoms with Crippen molar-refractivity contribution in [2.45, 2.75) is 6.92 Å². The lowest BCUT2D eigenvalue weighted by atomic mass is 10.3. The number of hydrogen-bond acceptors (Lipinski definition) is 6. The lowest BCUT2D eigenvalue weighted by Gasteiger charge is -2.33. The Labute approximate surface area is 122 Å². The van der Waals surface area contributed by atoms with Crippen molar-refractivity contribution >= 4 is 23.3 Å². The van der Waals surface area contributed by atoms with Crippen molar-refractivity contribution in [3.8, 4) is 0 Å². The average molecular weight is 285 g/mol. The number of nitrogens with zero attached hydrogens (tertiary/aromatic N) is 5. The third kappa shape index (κ3) is 2.40. The Morgan fingerprint density at radius 1 is 1.24 bits per heavy atom. The second-order valence-electron chi connectivity index (χ2n) is 5.43. The molecule has 2 N–H and O–H groups in total. The third-order valence-electron chi connectivity index (χ3n) is 3.82. The van der Waals surface area contributed by atoms with Gasteiger partial charge in [-0.1, -0.05) is 0 Å². The molecule has 2 aromatic rings. The molecule has 0 spiro atoms. The number of hydrogen-bond donors (Lipinski definition) is 2. The van der Waals surface area contributed by atoms with Crippen LogP contribution in [0, 0.1) is 17.7 Å². The molecular formula is C14H19N7. The van der Waals surface area contributed by atoms with E-state index in [4.69, 9.17) is 10.8 Å². The second-order valence-corrected chi connectivity index (χ2v) is 5.43. The largest absolute Gasteiger partial charge is 0.351 e. The average Bonchev–Trinajstić information content (AvgIpc) is 2.48. The van der Waals surface area contributed by atoms with Crippen LogP contribution >= 0.6 is 0 Å². The summed E-state index contributed by atoms with van der Waals surface area (Å²) in [6, 6.07) is 1.95. The van der Waals surface area contributed by atoms with Gasteiger partial charge in [0, 0.05) is 32.4 Å². The Morgan fingerprint density at radius 2 is 1.95 bits per heavy atom. The minimum absolute atomic E-state index is 0.221. The highest BCUT2D eigenvalue weighted by molar-refractivity contribution is 5.79. The van der Waals surface area contributed by atoms with Gasteiger partial charge < -0.3 is 9.80 Å². The van der Waals surface area contributed by atoms with Crippen molar-refractivity contribution in [1.82, 2.24) is 19.4 Å². The minimum Gasteiger partial charge on any atom is -0.351 e. The maximum atomic E-state index is 8.32. The molecular weight excluding hydrogens is 266 g/mol.